The predicted octanol–water partition coefficient (Wildman–Crippen LogP) is 0.158. The number of rotatable bonds is 6. The van der Waals surface area contributed by atoms with Crippen molar-refractivity contribution in [3.63, 3.8) is 0 Å². The Morgan fingerprint density at radius 3 is 2.61 bits per heavy atom. The molecule has 0 radical (unpaired) electrons. The Bertz CT molecular complexity index is 452. The van der Waals surface area contributed by atoms with Gasteiger partial charge in [0.05, 0.1) is 24.5 Å². The van der Waals surface area contributed by atoms with Crippen LogP contribution in [0, 0.1) is 12.3 Å². The third-order valence-corrected chi connectivity index (χ3v) is 2.30. The monoisotopic (exact) mass is 247 g/mol. The molecule has 1 aromatic heterocycles. The van der Waals surface area contributed by atoms with E-state index in [4.69, 9.17) is 6.42 Å². The number of aromatic nitrogens is 3. The summed E-state index contributed by atoms with van der Waals surface area (Å²) < 4.78 is 0. The Labute approximate surface area is 107 Å². The van der Waals surface area contributed by atoms with Crippen molar-refractivity contribution in [2.45, 2.75) is 26.7 Å². The number of amides is 1. The first kappa shape index (κ1) is 13.9. The smallest absolute Gasteiger partial charge is 0.243 e. The minimum absolute atomic E-state index is 0.0813. The maximum Gasteiger partial charge on any atom is 0.243 e. The number of carbonyl (C=O) groups excluding carboxylic acids is 1. The standard InChI is InChI=1S/C12H17N5O/c1-4-7-13-11(18)8-14-12-15-9(5-2)10(6-3)16-17-12/h1H,5-8H2,2-3H3,(H,13,18)(H,14,15,17). The first-order valence-corrected chi connectivity index (χ1v) is 5.87. The van der Waals surface area contributed by atoms with Crippen LogP contribution in [0.1, 0.15) is 25.2 Å². The number of hydrogen-bond acceptors (Lipinski definition) is 5. The van der Waals surface area contributed by atoms with Crippen molar-refractivity contribution in [1.82, 2.24) is 20.5 Å². The molecule has 1 heterocycles. The summed E-state index contributed by atoms with van der Waals surface area (Å²) in [5.74, 6) is 2.49. The van der Waals surface area contributed by atoms with E-state index >= 15 is 0 Å². The molecule has 0 bridgehead atoms. The van der Waals surface area contributed by atoms with Crippen molar-refractivity contribution in [2.24, 2.45) is 0 Å². The van der Waals surface area contributed by atoms with Gasteiger partial charge in [-0.3, -0.25) is 4.79 Å². The summed E-state index contributed by atoms with van der Waals surface area (Å²) in [7, 11) is 0. The lowest BCUT2D eigenvalue weighted by molar-refractivity contribution is -0.119. The lowest BCUT2D eigenvalue weighted by atomic mass is 10.2. The molecular weight excluding hydrogens is 230 g/mol. The molecule has 0 saturated heterocycles. The highest BCUT2D eigenvalue weighted by Gasteiger charge is 2.07. The van der Waals surface area contributed by atoms with Crippen LogP contribution >= 0.6 is 0 Å². The van der Waals surface area contributed by atoms with Crippen LogP contribution < -0.4 is 10.6 Å². The molecule has 96 valence electrons. The number of terminal acetylenes is 1. The van der Waals surface area contributed by atoms with E-state index in [2.05, 4.69) is 31.7 Å². The van der Waals surface area contributed by atoms with Crippen LogP contribution in [0.3, 0.4) is 0 Å². The van der Waals surface area contributed by atoms with Crippen LogP contribution in [-0.2, 0) is 17.6 Å². The third-order valence-electron chi connectivity index (χ3n) is 2.30. The van der Waals surface area contributed by atoms with Gasteiger partial charge in [-0.1, -0.05) is 19.8 Å². The average Bonchev–Trinajstić information content (AvgIpc) is 2.42. The zero-order valence-electron chi connectivity index (χ0n) is 10.7. The van der Waals surface area contributed by atoms with Crippen molar-refractivity contribution in [1.29, 1.82) is 0 Å². The van der Waals surface area contributed by atoms with E-state index in [1.54, 1.807) is 0 Å². The van der Waals surface area contributed by atoms with E-state index in [1.807, 2.05) is 13.8 Å². The van der Waals surface area contributed by atoms with Crippen molar-refractivity contribution in [3.05, 3.63) is 11.4 Å². The van der Waals surface area contributed by atoms with Crippen molar-refractivity contribution < 1.29 is 4.79 Å². The molecule has 6 nitrogen and oxygen atoms in total. The van der Waals surface area contributed by atoms with Gasteiger partial charge < -0.3 is 10.6 Å². The van der Waals surface area contributed by atoms with Crippen molar-refractivity contribution in [2.75, 3.05) is 18.4 Å². The van der Waals surface area contributed by atoms with Gasteiger partial charge >= 0.3 is 0 Å². The summed E-state index contributed by atoms with van der Waals surface area (Å²) in [6, 6.07) is 0. The van der Waals surface area contributed by atoms with Gasteiger partial charge in [-0.05, 0) is 12.8 Å². The zero-order valence-corrected chi connectivity index (χ0v) is 10.7. The molecule has 1 rings (SSSR count). The molecule has 1 amide bonds. The molecule has 0 aliphatic rings. The van der Waals surface area contributed by atoms with Crippen molar-refractivity contribution in [3.8, 4) is 12.3 Å². The molecule has 0 aliphatic carbocycles. The van der Waals surface area contributed by atoms with E-state index in [-0.39, 0.29) is 19.0 Å². The fourth-order valence-electron chi connectivity index (χ4n) is 1.38. The second-order valence-electron chi connectivity index (χ2n) is 3.57. The van der Waals surface area contributed by atoms with Gasteiger partial charge in [-0.15, -0.1) is 11.5 Å². The topological polar surface area (TPSA) is 79.8 Å². The third kappa shape index (κ3) is 4.01. The molecule has 0 saturated carbocycles. The Hall–Kier alpha value is -2.16. The first-order valence-electron chi connectivity index (χ1n) is 5.87. The van der Waals surface area contributed by atoms with Crippen LogP contribution in [0.2, 0.25) is 0 Å². The minimum Gasteiger partial charge on any atom is -0.344 e. The van der Waals surface area contributed by atoms with Crippen molar-refractivity contribution >= 4 is 11.9 Å². The highest BCUT2D eigenvalue weighted by atomic mass is 16.1. The molecule has 0 unspecified atom stereocenters. The number of nitrogens with zero attached hydrogens (tertiary/aromatic N) is 3. The minimum atomic E-state index is -0.200. The van der Waals surface area contributed by atoms with Crippen LogP contribution in [0.25, 0.3) is 0 Å². The van der Waals surface area contributed by atoms with Gasteiger partial charge in [0.2, 0.25) is 11.9 Å². The SMILES string of the molecule is C#CCNC(=O)CNc1nnc(CC)c(CC)n1. The number of aryl methyl sites for hydroxylation is 2. The van der Waals surface area contributed by atoms with E-state index < -0.39 is 0 Å². The second kappa shape index (κ2) is 7.22. The summed E-state index contributed by atoms with van der Waals surface area (Å²) in [5, 5.41) is 13.3. The van der Waals surface area contributed by atoms with Crippen LogP contribution in [0.15, 0.2) is 0 Å². The summed E-state index contributed by atoms with van der Waals surface area (Å²) in [5.41, 5.74) is 1.79. The van der Waals surface area contributed by atoms with Gasteiger partial charge in [-0.2, -0.15) is 5.10 Å². The fourth-order valence-corrected chi connectivity index (χ4v) is 1.38. The molecular formula is C12H17N5O. The quantitative estimate of drug-likeness (QED) is 0.700. The van der Waals surface area contributed by atoms with E-state index in [0.717, 1.165) is 24.2 Å². The summed E-state index contributed by atoms with van der Waals surface area (Å²) in [6.45, 7) is 4.31. The van der Waals surface area contributed by atoms with Gasteiger partial charge in [0.25, 0.3) is 0 Å². The highest BCUT2D eigenvalue weighted by molar-refractivity contribution is 5.80. The number of anilines is 1. The van der Waals surface area contributed by atoms with E-state index in [0.29, 0.717) is 5.95 Å². The average molecular weight is 247 g/mol. The highest BCUT2D eigenvalue weighted by Crippen LogP contribution is 2.06. The van der Waals surface area contributed by atoms with Gasteiger partial charge in [0.15, 0.2) is 0 Å². The summed E-state index contributed by atoms with van der Waals surface area (Å²) >= 11 is 0. The van der Waals surface area contributed by atoms with Crippen LogP contribution in [-0.4, -0.2) is 34.2 Å². The lowest BCUT2D eigenvalue weighted by Gasteiger charge is -2.07. The molecule has 2 N–H and O–H groups in total. The summed E-state index contributed by atoms with van der Waals surface area (Å²) in [6.07, 6.45) is 6.62. The molecule has 1 aromatic rings. The maximum absolute atomic E-state index is 11.3. The lowest BCUT2D eigenvalue weighted by Crippen LogP contribution is -2.30. The van der Waals surface area contributed by atoms with Gasteiger partial charge in [-0.25, -0.2) is 4.98 Å². The Kier molecular flexibility index (Phi) is 5.58. The molecule has 0 fully saturated rings. The van der Waals surface area contributed by atoms with Gasteiger partial charge in [0, 0.05) is 0 Å². The summed E-state index contributed by atoms with van der Waals surface area (Å²) in [4.78, 5) is 15.6. The Balaban J connectivity index is 2.58. The number of carbonyl (C=O) groups is 1. The van der Waals surface area contributed by atoms with Crippen LogP contribution in [0.4, 0.5) is 5.95 Å². The normalized spacial score (nSPS) is 9.61. The van der Waals surface area contributed by atoms with Gasteiger partial charge in [0.1, 0.15) is 0 Å². The predicted molar refractivity (Wildman–Crippen MR) is 68.9 cm³/mol. The number of hydrogen-bond donors (Lipinski definition) is 2. The second-order valence-corrected chi connectivity index (χ2v) is 3.57. The first-order chi connectivity index (χ1) is 8.71. The molecule has 0 spiro atoms. The zero-order chi connectivity index (χ0) is 13.4. The largest absolute Gasteiger partial charge is 0.344 e. The number of nitrogens with one attached hydrogen (secondary N) is 2. The fraction of sp³-hybridized carbons (Fsp3) is 0.500. The molecule has 0 atom stereocenters. The molecule has 0 aliphatic heterocycles. The van der Waals surface area contributed by atoms with E-state index in [9.17, 15) is 4.79 Å². The molecule has 0 aromatic carbocycles. The Morgan fingerprint density at radius 2 is 2.00 bits per heavy atom. The Morgan fingerprint density at radius 1 is 1.28 bits per heavy atom. The van der Waals surface area contributed by atoms with E-state index in [1.165, 1.54) is 0 Å². The van der Waals surface area contributed by atoms with Crippen LogP contribution in [0.5, 0.6) is 0 Å². The maximum atomic E-state index is 11.3. The molecule has 6 heteroatoms. The molecule has 18 heavy (non-hydrogen) atoms.